The van der Waals surface area contributed by atoms with Gasteiger partial charge in [-0.05, 0) is 43.7 Å². The molecular formula is C14H12N2OS2. The molecule has 0 radical (unpaired) electrons. The Kier molecular flexibility index (Phi) is 3.08. The van der Waals surface area contributed by atoms with Gasteiger partial charge in [-0.25, -0.2) is 4.98 Å². The molecule has 3 rings (SSSR count). The summed E-state index contributed by atoms with van der Waals surface area (Å²) in [6, 6.07) is 9.87. The van der Waals surface area contributed by atoms with Crippen molar-refractivity contribution in [2.45, 2.75) is 13.8 Å². The number of anilines is 1. The van der Waals surface area contributed by atoms with Gasteiger partial charge >= 0.3 is 0 Å². The van der Waals surface area contributed by atoms with Gasteiger partial charge in [0.25, 0.3) is 5.91 Å². The zero-order chi connectivity index (χ0) is 13.4. The third-order valence-corrected chi connectivity index (χ3v) is 4.66. The van der Waals surface area contributed by atoms with Crippen molar-refractivity contribution < 1.29 is 4.79 Å². The average molecular weight is 288 g/mol. The van der Waals surface area contributed by atoms with Crippen LogP contribution >= 0.6 is 22.7 Å². The molecule has 3 aromatic rings. The Morgan fingerprint density at radius 2 is 2.00 bits per heavy atom. The average Bonchev–Trinajstić information content (AvgIpc) is 2.94. The molecule has 3 nitrogen and oxygen atoms in total. The monoisotopic (exact) mass is 288 g/mol. The molecule has 2 aromatic heterocycles. The van der Waals surface area contributed by atoms with Gasteiger partial charge < -0.3 is 0 Å². The second kappa shape index (κ2) is 4.75. The van der Waals surface area contributed by atoms with E-state index in [0.29, 0.717) is 10.0 Å². The maximum Gasteiger partial charge on any atom is 0.267 e. The Morgan fingerprint density at radius 1 is 1.16 bits per heavy atom. The van der Waals surface area contributed by atoms with E-state index < -0.39 is 0 Å². The van der Waals surface area contributed by atoms with E-state index >= 15 is 0 Å². The van der Waals surface area contributed by atoms with Crippen molar-refractivity contribution in [3.05, 3.63) is 45.6 Å². The van der Waals surface area contributed by atoms with Gasteiger partial charge in [0, 0.05) is 4.88 Å². The van der Waals surface area contributed by atoms with Crippen molar-refractivity contribution in [3.8, 4) is 0 Å². The minimum absolute atomic E-state index is 0.0890. The molecule has 0 fully saturated rings. The second-order valence-corrected chi connectivity index (χ2v) is 6.67. The van der Waals surface area contributed by atoms with Crippen LogP contribution in [-0.2, 0) is 0 Å². The lowest BCUT2D eigenvalue weighted by Gasteiger charge is -1.97. The Hall–Kier alpha value is -1.72. The smallest absolute Gasteiger partial charge is 0.267 e. The number of aryl methyl sites for hydroxylation is 2. The van der Waals surface area contributed by atoms with Gasteiger partial charge in [0.1, 0.15) is 0 Å². The van der Waals surface area contributed by atoms with E-state index in [4.69, 9.17) is 0 Å². The number of nitrogens with one attached hydrogen (secondary N) is 1. The number of hydrogen-bond acceptors (Lipinski definition) is 4. The largest absolute Gasteiger partial charge is 0.297 e. The van der Waals surface area contributed by atoms with Gasteiger partial charge in [-0.1, -0.05) is 17.4 Å². The topological polar surface area (TPSA) is 42.0 Å². The Morgan fingerprint density at radius 3 is 2.74 bits per heavy atom. The molecule has 96 valence electrons. The summed E-state index contributed by atoms with van der Waals surface area (Å²) >= 11 is 2.99. The number of thiophene rings is 1. The quantitative estimate of drug-likeness (QED) is 0.767. The number of amides is 1. The zero-order valence-electron chi connectivity index (χ0n) is 10.6. The number of fused-ring (bicyclic) bond motifs is 1. The molecule has 19 heavy (non-hydrogen) atoms. The SMILES string of the molecule is Cc1ccc2nc(NC(=O)c3ccc(C)s3)sc2c1. The highest BCUT2D eigenvalue weighted by Gasteiger charge is 2.11. The summed E-state index contributed by atoms with van der Waals surface area (Å²) < 4.78 is 1.10. The fraction of sp³-hybridized carbons (Fsp3) is 0.143. The van der Waals surface area contributed by atoms with Crippen molar-refractivity contribution in [2.75, 3.05) is 5.32 Å². The molecule has 1 N–H and O–H groups in total. The molecule has 0 aliphatic carbocycles. The molecule has 0 aliphatic rings. The number of thiazole rings is 1. The molecule has 0 saturated carbocycles. The molecule has 1 amide bonds. The fourth-order valence-corrected chi connectivity index (χ4v) is 3.52. The Bertz CT molecular complexity index is 758. The molecule has 0 saturated heterocycles. The summed E-state index contributed by atoms with van der Waals surface area (Å²) in [5, 5.41) is 3.51. The van der Waals surface area contributed by atoms with E-state index in [1.165, 1.54) is 28.2 Å². The van der Waals surface area contributed by atoms with E-state index in [1.54, 1.807) is 0 Å². The fourth-order valence-electron chi connectivity index (χ4n) is 1.80. The van der Waals surface area contributed by atoms with Crippen LogP contribution in [0.1, 0.15) is 20.1 Å². The first-order chi connectivity index (χ1) is 9.11. The summed E-state index contributed by atoms with van der Waals surface area (Å²) in [6.07, 6.45) is 0. The van der Waals surface area contributed by atoms with E-state index in [-0.39, 0.29) is 5.91 Å². The van der Waals surface area contributed by atoms with E-state index in [9.17, 15) is 4.79 Å². The highest BCUT2D eigenvalue weighted by molar-refractivity contribution is 7.22. The van der Waals surface area contributed by atoms with Gasteiger partial charge in [0.2, 0.25) is 0 Å². The third-order valence-electron chi connectivity index (χ3n) is 2.73. The maximum absolute atomic E-state index is 12.0. The third kappa shape index (κ3) is 2.52. The minimum Gasteiger partial charge on any atom is -0.297 e. The summed E-state index contributed by atoms with van der Waals surface area (Å²) in [5.41, 5.74) is 2.12. The van der Waals surface area contributed by atoms with Crippen LogP contribution in [0.15, 0.2) is 30.3 Å². The molecule has 0 atom stereocenters. The van der Waals surface area contributed by atoms with E-state index in [2.05, 4.69) is 16.4 Å². The molecule has 5 heteroatoms. The predicted octanol–water partition coefficient (Wildman–Crippen LogP) is 4.23. The molecule has 1 aromatic carbocycles. The summed E-state index contributed by atoms with van der Waals surface area (Å²) in [5.74, 6) is -0.0890. The molecule has 2 heterocycles. The van der Waals surface area contributed by atoms with Crippen molar-refractivity contribution in [3.63, 3.8) is 0 Å². The van der Waals surface area contributed by atoms with Crippen molar-refractivity contribution in [2.24, 2.45) is 0 Å². The number of carbonyl (C=O) groups excluding carboxylic acids is 1. The molecule has 0 aliphatic heterocycles. The molecule has 0 spiro atoms. The van der Waals surface area contributed by atoms with Crippen LogP contribution in [0.2, 0.25) is 0 Å². The highest BCUT2D eigenvalue weighted by atomic mass is 32.1. The standard InChI is InChI=1S/C14H12N2OS2/c1-8-3-5-10-12(7-8)19-14(15-10)16-13(17)11-6-4-9(2)18-11/h3-7H,1-2H3,(H,15,16,17). The van der Waals surface area contributed by atoms with Crippen molar-refractivity contribution in [1.82, 2.24) is 4.98 Å². The van der Waals surface area contributed by atoms with Gasteiger partial charge in [0.05, 0.1) is 15.1 Å². The molecule has 0 unspecified atom stereocenters. The van der Waals surface area contributed by atoms with Gasteiger partial charge in [-0.2, -0.15) is 0 Å². The van der Waals surface area contributed by atoms with Crippen LogP contribution in [0.25, 0.3) is 10.2 Å². The highest BCUT2D eigenvalue weighted by Crippen LogP contribution is 2.27. The predicted molar refractivity (Wildman–Crippen MR) is 81.4 cm³/mol. The summed E-state index contributed by atoms with van der Waals surface area (Å²) in [7, 11) is 0. The van der Waals surface area contributed by atoms with Crippen LogP contribution in [0.5, 0.6) is 0 Å². The maximum atomic E-state index is 12.0. The number of benzene rings is 1. The molecule has 0 bridgehead atoms. The first-order valence-electron chi connectivity index (χ1n) is 5.87. The van der Waals surface area contributed by atoms with E-state index in [1.807, 2.05) is 38.1 Å². The first-order valence-corrected chi connectivity index (χ1v) is 7.50. The lowest BCUT2D eigenvalue weighted by molar-refractivity contribution is 0.103. The Labute approximate surface area is 118 Å². The van der Waals surface area contributed by atoms with Crippen LogP contribution < -0.4 is 5.32 Å². The summed E-state index contributed by atoms with van der Waals surface area (Å²) in [6.45, 7) is 4.04. The number of rotatable bonds is 2. The normalized spacial score (nSPS) is 10.8. The zero-order valence-corrected chi connectivity index (χ0v) is 12.2. The van der Waals surface area contributed by atoms with Crippen molar-refractivity contribution in [1.29, 1.82) is 0 Å². The van der Waals surface area contributed by atoms with Crippen LogP contribution in [0, 0.1) is 13.8 Å². The minimum atomic E-state index is -0.0890. The summed E-state index contributed by atoms with van der Waals surface area (Å²) in [4.78, 5) is 18.3. The number of aromatic nitrogens is 1. The van der Waals surface area contributed by atoms with Gasteiger partial charge in [-0.15, -0.1) is 11.3 Å². The van der Waals surface area contributed by atoms with Crippen LogP contribution in [-0.4, -0.2) is 10.9 Å². The number of hydrogen-bond donors (Lipinski definition) is 1. The second-order valence-electron chi connectivity index (χ2n) is 4.35. The number of carbonyl (C=O) groups is 1. The van der Waals surface area contributed by atoms with Gasteiger partial charge in [-0.3, -0.25) is 10.1 Å². The number of nitrogens with zero attached hydrogens (tertiary/aromatic N) is 1. The lowest BCUT2D eigenvalue weighted by atomic mass is 10.2. The van der Waals surface area contributed by atoms with Crippen LogP contribution in [0.4, 0.5) is 5.13 Å². The van der Waals surface area contributed by atoms with E-state index in [0.717, 1.165) is 15.1 Å². The molecular weight excluding hydrogens is 276 g/mol. The Balaban J connectivity index is 1.87. The van der Waals surface area contributed by atoms with Crippen LogP contribution in [0.3, 0.4) is 0 Å². The first kappa shape index (κ1) is 12.3. The van der Waals surface area contributed by atoms with Gasteiger partial charge in [0.15, 0.2) is 5.13 Å². The lowest BCUT2D eigenvalue weighted by Crippen LogP contribution is -2.09. The van der Waals surface area contributed by atoms with Crippen molar-refractivity contribution >= 4 is 43.9 Å².